The SMILES string of the molecule is O=C(c1cccc2ccccc12)N1CCC(N2C(=O)CSC2=O)C1. The second-order valence-electron chi connectivity index (χ2n) is 6.04. The van der Waals surface area contributed by atoms with Gasteiger partial charge in [0.05, 0.1) is 11.8 Å². The van der Waals surface area contributed by atoms with Crippen LogP contribution >= 0.6 is 11.8 Å². The lowest BCUT2D eigenvalue weighted by Crippen LogP contribution is -2.41. The van der Waals surface area contributed by atoms with E-state index in [1.807, 2.05) is 42.5 Å². The zero-order valence-corrected chi connectivity index (χ0v) is 13.8. The molecule has 2 aromatic rings. The molecule has 2 aliphatic rings. The van der Waals surface area contributed by atoms with E-state index >= 15 is 0 Å². The molecule has 0 saturated carbocycles. The van der Waals surface area contributed by atoms with Crippen LogP contribution in [0.5, 0.6) is 0 Å². The Morgan fingerprint density at radius 3 is 2.67 bits per heavy atom. The highest BCUT2D eigenvalue weighted by Crippen LogP contribution is 2.28. The van der Waals surface area contributed by atoms with Crippen molar-refractivity contribution in [2.45, 2.75) is 12.5 Å². The van der Waals surface area contributed by atoms with Crippen molar-refractivity contribution in [3.8, 4) is 0 Å². The van der Waals surface area contributed by atoms with Gasteiger partial charge >= 0.3 is 0 Å². The fourth-order valence-electron chi connectivity index (χ4n) is 3.44. The number of benzene rings is 2. The van der Waals surface area contributed by atoms with Crippen LogP contribution < -0.4 is 0 Å². The zero-order chi connectivity index (χ0) is 16.7. The summed E-state index contributed by atoms with van der Waals surface area (Å²) in [5.74, 6) is 0.0302. The Morgan fingerprint density at radius 1 is 1.08 bits per heavy atom. The topological polar surface area (TPSA) is 57.7 Å². The van der Waals surface area contributed by atoms with Gasteiger partial charge in [0.25, 0.3) is 11.1 Å². The average molecular weight is 340 g/mol. The third kappa shape index (κ3) is 2.47. The van der Waals surface area contributed by atoms with E-state index in [-0.39, 0.29) is 28.8 Å². The number of hydrogen-bond donors (Lipinski definition) is 0. The number of imide groups is 1. The van der Waals surface area contributed by atoms with Gasteiger partial charge in [-0.05, 0) is 23.3 Å². The van der Waals surface area contributed by atoms with E-state index in [0.29, 0.717) is 25.1 Å². The molecule has 122 valence electrons. The summed E-state index contributed by atoms with van der Waals surface area (Å²) < 4.78 is 0. The summed E-state index contributed by atoms with van der Waals surface area (Å²) >= 11 is 1.04. The largest absolute Gasteiger partial charge is 0.336 e. The van der Waals surface area contributed by atoms with E-state index in [1.165, 1.54) is 4.90 Å². The smallest absolute Gasteiger partial charge is 0.289 e. The number of hydrogen-bond acceptors (Lipinski definition) is 4. The second kappa shape index (κ2) is 5.94. The molecule has 6 heteroatoms. The third-order valence-electron chi connectivity index (χ3n) is 4.62. The minimum Gasteiger partial charge on any atom is -0.336 e. The molecule has 0 spiro atoms. The van der Waals surface area contributed by atoms with Crippen LogP contribution in [0.1, 0.15) is 16.8 Å². The van der Waals surface area contributed by atoms with Gasteiger partial charge in [-0.3, -0.25) is 19.3 Å². The first-order valence-electron chi connectivity index (χ1n) is 7.91. The number of amides is 3. The lowest BCUT2D eigenvalue weighted by Gasteiger charge is -2.22. The molecule has 0 bridgehead atoms. The summed E-state index contributed by atoms with van der Waals surface area (Å²) in [5.41, 5.74) is 0.669. The summed E-state index contributed by atoms with van der Waals surface area (Å²) in [4.78, 5) is 39.7. The molecule has 2 saturated heterocycles. The quantitative estimate of drug-likeness (QED) is 0.843. The highest BCUT2D eigenvalue weighted by atomic mass is 32.2. The van der Waals surface area contributed by atoms with Crippen molar-refractivity contribution in [1.29, 1.82) is 0 Å². The maximum atomic E-state index is 12.9. The second-order valence-corrected chi connectivity index (χ2v) is 6.97. The number of thioether (sulfide) groups is 1. The number of rotatable bonds is 2. The van der Waals surface area contributed by atoms with E-state index in [9.17, 15) is 14.4 Å². The van der Waals surface area contributed by atoms with Crippen LogP contribution in [-0.2, 0) is 4.79 Å². The summed E-state index contributed by atoms with van der Waals surface area (Å²) in [6, 6.07) is 13.3. The van der Waals surface area contributed by atoms with Crippen LogP contribution in [0.4, 0.5) is 4.79 Å². The fraction of sp³-hybridized carbons (Fsp3) is 0.278. The molecule has 2 heterocycles. The Labute approximate surface area is 143 Å². The van der Waals surface area contributed by atoms with Crippen molar-refractivity contribution in [3.63, 3.8) is 0 Å². The molecule has 3 amide bonds. The first-order chi connectivity index (χ1) is 11.6. The van der Waals surface area contributed by atoms with Gasteiger partial charge in [0.15, 0.2) is 0 Å². The number of fused-ring (bicyclic) bond motifs is 1. The molecule has 1 atom stereocenters. The molecule has 2 aliphatic heterocycles. The summed E-state index contributed by atoms with van der Waals surface area (Å²) in [7, 11) is 0. The predicted molar refractivity (Wildman–Crippen MR) is 93.0 cm³/mol. The van der Waals surface area contributed by atoms with Crippen LogP contribution in [0.2, 0.25) is 0 Å². The van der Waals surface area contributed by atoms with E-state index in [2.05, 4.69) is 0 Å². The molecule has 0 N–H and O–H groups in total. The van der Waals surface area contributed by atoms with Gasteiger partial charge in [-0.1, -0.05) is 48.2 Å². The summed E-state index contributed by atoms with van der Waals surface area (Å²) in [5, 5.41) is 1.77. The molecule has 1 unspecified atom stereocenters. The van der Waals surface area contributed by atoms with Crippen molar-refractivity contribution in [2.75, 3.05) is 18.8 Å². The monoisotopic (exact) mass is 340 g/mol. The van der Waals surface area contributed by atoms with Gasteiger partial charge in [0.2, 0.25) is 5.91 Å². The van der Waals surface area contributed by atoms with Gasteiger partial charge < -0.3 is 4.90 Å². The molecular weight excluding hydrogens is 324 g/mol. The zero-order valence-electron chi connectivity index (χ0n) is 13.0. The number of carbonyl (C=O) groups is 3. The van der Waals surface area contributed by atoms with Gasteiger partial charge in [0.1, 0.15) is 0 Å². The van der Waals surface area contributed by atoms with E-state index in [4.69, 9.17) is 0 Å². The van der Waals surface area contributed by atoms with Crippen molar-refractivity contribution in [1.82, 2.24) is 9.80 Å². The lowest BCUT2D eigenvalue weighted by atomic mass is 10.0. The maximum absolute atomic E-state index is 12.9. The summed E-state index contributed by atoms with van der Waals surface area (Å²) in [6.45, 7) is 0.981. The Kier molecular flexibility index (Phi) is 3.76. The minimum absolute atomic E-state index is 0.0407. The molecule has 4 rings (SSSR count). The van der Waals surface area contributed by atoms with Crippen molar-refractivity contribution < 1.29 is 14.4 Å². The number of likely N-dealkylation sites (tertiary alicyclic amines) is 1. The molecule has 24 heavy (non-hydrogen) atoms. The molecule has 0 aliphatic carbocycles. The highest BCUT2D eigenvalue weighted by Gasteiger charge is 2.40. The van der Waals surface area contributed by atoms with Gasteiger partial charge in [-0.25, -0.2) is 0 Å². The lowest BCUT2D eigenvalue weighted by molar-refractivity contribution is -0.126. The predicted octanol–water partition coefficient (Wildman–Crippen LogP) is 2.75. The van der Waals surface area contributed by atoms with Crippen LogP contribution in [-0.4, -0.2) is 51.7 Å². The van der Waals surface area contributed by atoms with Gasteiger partial charge in [-0.15, -0.1) is 0 Å². The molecule has 0 aromatic heterocycles. The normalized spacial score (nSPS) is 21.1. The molecular formula is C18H16N2O3S. The van der Waals surface area contributed by atoms with Crippen LogP contribution in [0, 0.1) is 0 Å². The maximum Gasteiger partial charge on any atom is 0.289 e. The highest BCUT2D eigenvalue weighted by molar-refractivity contribution is 8.14. The Morgan fingerprint density at radius 2 is 1.88 bits per heavy atom. The van der Waals surface area contributed by atoms with Gasteiger partial charge in [0, 0.05) is 18.7 Å². The Balaban J connectivity index is 1.57. The minimum atomic E-state index is -0.195. The van der Waals surface area contributed by atoms with Crippen LogP contribution in [0.15, 0.2) is 42.5 Å². The molecule has 2 fully saturated rings. The molecule has 2 aromatic carbocycles. The summed E-state index contributed by atoms with van der Waals surface area (Å²) in [6.07, 6.45) is 0.647. The first-order valence-corrected chi connectivity index (χ1v) is 8.89. The molecule has 5 nitrogen and oxygen atoms in total. The average Bonchev–Trinajstić information content (AvgIpc) is 3.20. The van der Waals surface area contributed by atoms with Gasteiger partial charge in [-0.2, -0.15) is 0 Å². The van der Waals surface area contributed by atoms with E-state index < -0.39 is 0 Å². The van der Waals surface area contributed by atoms with Crippen LogP contribution in [0.3, 0.4) is 0 Å². The van der Waals surface area contributed by atoms with Crippen molar-refractivity contribution >= 4 is 39.6 Å². The third-order valence-corrected chi connectivity index (χ3v) is 5.46. The standard InChI is InChI=1S/C18H16N2O3S/c21-16-11-24-18(23)20(16)13-8-9-19(10-13)17(22)15-7-3-5-12-4-1-2-6-14(12)15/h1-7,13H,8-11H2. The fourth-order valence-corrected chi connectivity index (χ4v) is 4.21. The van der Waals surface area contributed by atoms with Crippen molar-refractivity contribution in [3.05, 3.63) is 48.0 Å². The number of nitrogens with zero attached hydrogens (tertiary/aromatic N) is 2. The number of carbonyl (C=O) groups excluding carboxylic acids is 3. The Hall–Kier alpha value is -2.34. The molecule has 0 radical (unpaired) electrons. The van der Waals surface area contributed by atoms with E-state index in [0.717, 1.165) is 22.5 Å². The van der Waals surface area contributed by atoms with E-state index in [1.54, 1.807) is 4.90 Å². The Bertz CT molecular complexity index is 830. The van der Waals surface area contributed by atoms with Crippen molar-refractivity contribution in [2.24, 2.45) is 0 Å². The van der Waals surface area contributed by atoms with Crippen LogP contribution in [0.25, 0.3) is 10.8 Å². The first kappa shape index (κ1) is 15.2.